The molecule has 3 aromatic rings. The van der Waals surface area contributed by atoms with Gasteiger partial charge in [0.05, 0.1) is 29.4 Å². The summed E-state index contributed by atoms with van der Waals surface area (Å²) >= 11 is 5.91. The fourth-order valence-electron chi connectivity index (χ4n) is 3.32. The molecule has 4 rings (SSSR count). The number of anilines is 3. The van der Waals surface area contributed by atoms with Crippen LogP contribution < -0.4 is 15.4 Å². The minimum Gasteiger partial charge on any atom is -0.486 e. The zero-order chi connectivity index (χ0) is 20.9. The summed E-state index contributed by atoms with van der Waals surface area (Å²) in [5.74, 6) is 0.899. The Morgan fingerprint density at radius 1 is 1.27 bits per heavy atom. The summed E-state index contributed by atoms with van der Waals surface area (Å²) < 4.78 is 25.1. The summed E-state index contributed by atoms with van der Waals surface area (Å²) in [6.45, 7) is 4.30. The Bertz CT molecular complexity index is 1030. The second-order valence-electron chi connectivity index (χ2n) is 7.23. The highest BCUT2D eigenvalue weighted by atomic mass is 35.5. The average molecular weight is 431 g/mol. The highest BCUT2D eigenvalue weighted by Gasteiger charge is 2.20. The lowest BCUT2D eigenvalue weighted by Crippen LogP contribution is -2.17. The monoisotopic (exact) mass is 430 g/mol. The predicted octanol–water partition coefficient (Wildman–Crippen LogP) is 5.55. The predicted molar refractivity (Wildman–Crippen MR) is 117 cm³/mol. The van der Waals surface area contributed by atoms with Gasteiger partial charge in [-0.1, -0.05) is 24.9 Å². The first-order chi connectivity index (χ1) is 14.6. The van der Waals surface area contributed by atoms with Crippen molar-refractivity contribution in [3.8, 4) is 5.75 Å². The smallest absolute Gasteiger partial charge is 0.145 e. The highest BCUT2D eigenvalue weighted by Crippen LogP contribution is 2.35. The molecule has 1 saturated heterocycles. The normalized spacial score (nSPS) is 16.0. The minimum absolute atomic E-state index is 0.0370. The molecule has 0 aliphatic carbocycles. The number of halogens is 2. The molecule has 1 atom stereocenters. The van der Waals surface area contributed by atoms with Gasteiger partial charge in [0.25, 0.3) is 0 Å². The van der Waals surface area contributed by atoms with E-state index in [0.29, 0.717) is 24.7 Å². The molecule has 2 heterocycles. The molecule has 1 aliphatic heterocycles. The van der Waals surface area contributed by atoms with E-state index in [1.807, 2.05) is 12.1 Å². The molecule has 30 heavy (non-hydrogen) atoms. The van der Waals surface area contributed by atoms with Crippen molar-refractivity contribution in [2.45, 2.75) is 32.3 Å². The van der Waals surface area contributed by atoms with E-state index in [0.717, 1.165) is 48.1 Å². The van der Waals surface area contributed by atoms with Crippen molar-refractivity contribution in [3.63, 3.8) is 0 Å². The van der Waals surface area contributed by atoms with Gasteiger partial charge in [-0.2, -0.15) is 0 Å². The first kappa shape index (κ1) is 20.6. The summed E-state index contributed by atoms with van der Waals surface area (Å²) in [7, 11) is 0. The van der Waals surface area contributed by atoms with Crippen molar-refractivity contribution in [1.82, 2.24) is 9.97 Å². The van der Waals surface area contributed by atoms with Crippen molar-refractivity contribution in [2.24, 2.45) is 0 Å². The second kappa shape index (κ2) is 9.45. The zero-order valence-electron chi connectivity index (χ0n) is 16.8. The number of fused-ring (bicyclic) bond motifs is 1. The fraction of sp³-hybridized carbons (Fsp3) is 0.364. The van der Waals surface area contributed by atoms with Crippen LogP contribution in [0.2, 0.25) is 5.02 Å². The minimum atomic E-state index is -0.463. The van der Waals surface area contributed by atoms with Crippen LogP contribution in [-0.2, 0) is 4.74 Å². The Labute approximate surface area is 179 Å². The van der Waals surface area contributed by atoms with Crippen LogP contribution in [0.15, 0.2) is 36.7 Å². The molecule has 1 aliphatic rings. The number of unbranched alkanes of at least 4 members (excludes halogenated alkanes) is 1. The number of rotatable bonds is 8. The largest absolute Gasteiger partial charge is 0.486 e. The Kier molecular flexibility index (Phi) is 6.50. The van der Waals surface area contributed by atoms with Gasteiger partial charge in [0.1, 0.15) is 29.8 Å². The Balaban J connectivity index is 1.69. The average Bonchev–Trinajstić information content (AvgIpc) is 3.25. The van der Waals surface area contributed by atoms with E-state index in [1.54, 1.807) is 6.07 Å². The number of hydrogen-bond donors (Lipinski definition) is 2. The van der Waals surface area contributed by atoms with Crippen molar-refractivity contribution in [3.05, 3.63) is 47.5 Å². The molecule has 0 spiro atoms. The first-order valence-corrected chi connectivity index (χ1v) is 10.5. The molecule has 158 valence electrons. The van der Waals surface area contributed by atoms with E-state index in [9.17, 15) is 4.39 Å². The number of hydrogen-bond acceptors (Lipinski definition) is 6. The standard InChI is InChI=1S/C22H24ClFN4O2/c1-2-3-7-25-20-10-16-19(11-21(20)30-15-6-8-29-12-15)26-13-27-22(16)28-14-4-5-18(24)17(23)9-14/h4-5,9-11,13,15,25H,2-3,6-8,12H2,1H3,(H,26,27,28)/t15-/m0/s1. The highest BCUT2D eigenvalue weighted by molar-refractivity contribution is 6.31. The summed E-state index contributed by atoms with van der Waals surface area (Å²) in [5, 5.41) is 7.56. The molecule has 2 N–H and O–H groups in total. The molecule has 0 saturated carbocycles. The molecule has 0 bridgehead atoms. The number of aromatic nitrogens is 2. The Morgan fingerprint density at radius 2 is 2.17 bits per heavy atom. The molecule has 0 amide bonds. The topological polar surface area (TPSA) is 68.3 Å². The molecule has 2 aromatic carbocycles. The van der Waals surface area contributed by atoms with Crippen molar-refractivity contribution < 1.29 is 13.9 Å². The third-order valence-corrected chi connectivity index (χ3v) is 5.24. The van der Waals surface area contributed by atoms with Crippen LogP contribution in [0.25, 0.3) is 10.9 Å². The number of benzene rings is 2. The van der Waals surface area contributed by atoms with Gasteiger partial charge in [-0.3, -0.25) is 0 Å². The van der Waals surface area contributed by atoms with E-state index in [-0.39, 0.29) is 11.1 Å². The molecule has 1 fully saturated rings. The van der Waals surface area contributed by atoms with Crippen LogP contribution in [-0.4, -0.2) is 35.8 Å². The molecule has 1 aromatic heterocycles. The van der Waals surface area contributed by atoms with Gasteiger partial charge in [-0.05, 0) is 30.7 Å². The van der Waals surface area contributed by atoms with Gasteiger partial charge in [0.2, 0.25) is 0 Å². The number of nitrogens with zero attached hydrogens (tertiary/aromatic N) is 2. The third kappa shape index (κ3) is 4.74. The summed E-state index contributed by atoms with van der Waals surface area (Å²) in [4.78, 5) is 8.79. The molecule has 6 nitrogen and oxygen atoms in total. The Hall–Kier alpha value is -2.64. The van der Waals surface area contributed by atoms with Crippen LogP contribution in [0.4, 0.5) is 21.6 Å². The maximum Gasteiger partial charge on any atom is 0.145 e. The number of nitrogens with one attached hydrogen (secondary N) is 2. The van der Waals surface area contributed by atoms with Gasteiger partial charge in [0, 0.05) is 30.1 Å². The van der Waals surface area contributed by atoms with Crippen molar-refractivity contribution >= 4 is 39.7 Å². The molecular weight excluding hydrogens is 407 g/mol. The van der Waals surface area contributed by atoms with Crippen LogP contribution >= 0.6 is 11.6 Å². The van der Waals surface area contributed by atoms with Crippen LogP contribution in [0.1, 0.15) is 26.2 Å². The lowest BCUT2D eigenvalue weighted by atomic mass is 10.1. The first-order valence-electron chi connectivity index (χ1n) is 10.1. The fourth-order valence-corrected chi connectivity index (χ4v) is 3.50. The second-order valence-corrected chi connectivity index (χ2v) is 7.63. The van der Waals surface area contributed by atoms with Gasteiger partial charge in [0.15, 0.2) is 0 Å². The number of ether oxygens (including phenoxy) is 2. The van der Waals surface area contributed by atoms with Crippen LogP contribution in [0, 0.1) is 5.82 Å². The van der Waals surface area contributed by atoms with E-state index >= 15 is 0 Å². The van der Waals surface area contributed by atoms with Crippen LogP contribution in [0.5, 0.6) is 5.75 Å². The molecule has 0 radical (unpaired) electrons. The lowest BCUT2D eigenvalue weighted by molar-refractivity contribution is 0.142. The quantitative estimate of drug-likeness (QED) is 0.457. The third-order valence-electron chi connectivity index (χ3n) is 4.95. The van der Waals surface area contributed by atoms with E-state index < -0.39 is 5.82 Å². The Morgan fingerprint density at radius 3 is 2.93 bits per heavy atom. The zero-order valence-corrected chi connectivity index (χ0v) is 17.5. The SMILES string of the molecule is CCCCNc1cc2c(Nc3ccc(F)c(Cl)c3)ncnc2cc1O[C@H]1CCOC1. The van der Waals surface area contributed by atoms with Gasteiger partial charge < -0.3 is 20.1 Å². The van der Waals surface area contributed by atoms with E-state index in [2.05, 4.69) is 27.5 Å². The molecule has 8 heteroatoms. The van der Waals surface area contributed by atoms with E-state index in [4.69, 9.17) is 21.1 Å². The lowest BCUT2D eigenvalue weighted by Gasteiger charge is -2.18. The summed E-state index contributed by atoms with van der Waals surface area (Å²) in [6.07, 6.45) is 4.54. The van der Waals surface area contributed by atoms with Gasteiger partial charge in [-0.25, -0.2) is 14.4 Å². The summed E-state index contributed by atoms with van der Waals surface area (Å²) in [6, 6.07) is 8.38. The molecular formula is C22H24ClFN4O2. The maximum atomic E-state index is 13.5. The summed E-state index contributed by atoms with van der Waals surface area (Å²) in [5.41, 5.74) is 2.28. The van der Waals surface area contributed by atoms with E-state index in [1.165, 1.54) is 18.5 Å². The van der Waals surface area contributed by atoms with Gasteiger partial charge >= 0.3 is 0 Å². The maximum absolute atomic E-state index is 13.5. The van der Waals surface area contributed by atoms with Crippen LogP contribution in [0.3, 0.4) is 0 Å². The van der Waals surface area contributed by atoms with Crippen molar-refractivity contribution in [1.29, 1.82) is 0 Å². The van der Waals surface area contributed by atoms with Gasteiger partial charge in [-0.15, -0.1) is 0 Å². The van der Waals surface area contributed by atoms with Crippen molar-refractivity contribution in [2.75, 3.05) is 30.4 Å². The molecule has 0 unspecified atom stereocenters.